The van der Waals surface area contributed by atoms with Gasteiger partial charge >= 0.3 is 0 Å². The van der Waals surface area contributed by atoms with Gasteiger partial charge in [-0.15, -0.1) is 0 Å². The maximum Gasteiger partial charge on any atom is 0.276 e. The summed E-state index contributed by atoms with van der Waals surface area (Å²) < 4.78 is 13.0. The summed E-state index contributed by atoms with van der Waals surface area (Å²) in [6, 6.07) is 2.07. The summed E-state index contributed by atoms with van der Waals surface area (Å²) in [6.45, 7) is 1.54. The van der Waals surface area contributed by atoms with Crippen molar-refractivity contribution in [3.63, 3.8) is 0 Å². The zero-order valence-corrected chi connectivity index (χ0v) is 8.85. The second kappa shape index (κ2) is 4.80. The zero-order valence-electron chi connectivity index (χ0n) is 7.95. The minimum absolute atomic E-state index is 0.251. The Bertz CT molecular complexity index is 462. The summed E-state index contributed by atoms with van der Waals surface area (Å²) in [5, 5.41) is 10.6. The van der Waals surface area contributed by atoms with E-state index in [1.165, 1.54) is 6.07 Å². The molecule has 0 aliphatic carbocycles. The Labute approximate surface area is 91.9 Å². The lowest BCUT2D eigenvalue weighted by molar-refractivity contribution is -0.385. The highest BCUT2D eigenvalue weighted by atomic mass is 32.1. The van der Waals surface area contributed by atoms with Gasteiger partial charge in [0.25, 0.3) is 5.69 Å². The number of hydrogen-bond donors (Lipinski definition) is 1. The molecule has 1 aromatic carbocycles. The smallest absolute Gasteiger partial charge is 0.258 e. The molecule has 0 radical (unpaired) electrons. The quantitative estimate of drug-likeness (QED) is 0.345. The third-order valence-corrected chi connectivity index (χ3v) is 2.00. The lowest BCUT2D eigenvalue weighted by Crippen LogP contribution is -1.96. The fourth-order valence-electron chi connectivity index (χ4n) is 1.12. The van der Waals surface area contributed by atoms with E-state index in [1.807, 2.05) is 0 Å². The number of rotatable bonds is 1. The molecule has 0 bridgehead atoms. The highest BCUT2D eigenvalue weighted by Crippen LogP contribution is 2.22. The number of halogens is 1. The summed E-state index contributed by atoms with van der Waals surface area (Å²) in [6.07, 6.45) is 0. The highest BCUT2D eigenvalue weighted by Gasteiger charge is 2.14. The Hall–Kier alpha value is -1.54. The maximum absolute atomic E-state index is 13.0. The van der Waals surface area contributed by atoms with E-state index in [9.17, 15) is 14.5 Å². The van der Waals surface area contributed by atoms with E-state index in [0.29, 0.717) is 16.9 Å². The summed E-state index contributed by atoms with van der Waals surface area (Å²) >= 11 is 3.88. The average Bonchev–Trinajstić information content (AvgIpc) is 2.18. The van der Waals surface area contributed by atoms with Crippen LogP contribution in [-0.2, 0) is 0 Å². The summed E-state index contributed by atoms with van der Waals surface area (Å²) in [5.74, 6) is 4.92. The Morgan fingerprint density at radius 1 is 1.60 bits per heavy atom. The topological polar surface area (TPSA) is 43.1 Å². The molecule has 0 aliphatic heterocycles. The van der Waals surface area contributed by atoms with E-state index >= 15 is 0 Å². The van der Waals surface area contributed by atoms with Gasteiger partial charge in [-0.3, -0.25) is 10.1 Å². The van der Waals surface area contributed by atoms with Gasteiger partial charge in [0.05, 0.1) is 16.7 Å². The van der Waals surface area contributed by atoms with Crippen LogP contribution in [0.3, 0.4) is 0 Å². The van der Waals surface area contributed by atoms with Gasteiger partial charge in [0.15, 0.2) is 0 Å². The van der Waals surface area contributed by atoms with Gasteiger partial charge in [-0.1, -0.05) is 11.8 Å². The molecule has 78 valence electrons. The van der Waals surface area contributed by atoms with Gasteiger partial charge in [0, 0.05) is 11.1 Å². The standard InChI is InChI=1S/C10H8FNO2S/c1-7-8(3-2-4-15)5-9(11)6-10(7)12(13)14/h5-6,15H,4H2,1H3. The Kier molecular flexibility index (Phi) is 3.69. The van der Waals surface area contributed by atoms with Crippen molar-refractivity contribution in [3.05, 3.63) is 39.2 Å². The van der Waals surface area contributed by atoms with E-state index in [4.69, 9.17) is 0 Å². The van der Waals surface area contributed by atoms with E-state index in [-0.39, 0.29) is 5.69 Å². The van der Waals surface area contributed by atoms with E-state index < -0.39 is 10.7 Å². The monoisotopic (exact) mass is 225 g/mol. The molecule has 0 aliphatic rings. The summed E-state index contributed by atoms with van der Waals surface area (Å²) in [5.41, 5.74) is 0.449. The van der Waals surface area contributed by atoms with Crippen molar-refractivity contribution >= 4 is 18.3 Å². The molecule has 0 N–H and O–H groups in total. The van der Waals surface area contributed by atoms with Crippen molar-refractivity contribution in [1.29, 1.82) is 0 Å². The van der Waals surface area contributed by atoms with Crippen molar-refractivity contribution in [2.24, 2.45) is 0 Å². The number of nitrogens with zero attached hydrogens (tertiary/aromatic N) is 1. The van der Waals surface area contributed by atoms with Gasteiger partial charge in [-0.25, -0.2) is 4.39 Å². The first-order valence-electron chi connectivity index (χ1n) is 4.10. The van der Waals surface area contributed by atoms with E-state index in [0.717, 1.165) is 6.07 Å². The number of nitro benzene ring substituents is 1. The van der Waals surface area contributed by atoms with Crippen molar-refractivity contribution in [3.8, 4) is 11.8 Å². The molecule has 0 fully saturated rings. The minimum atomic E-state index is -0.657. The number of nitro groups is 1. The third kappa shape index (κ3) is 2.70. The molecule has 0 amide bonds. The van der Waals surface area contributed by atoms with Crippen LogP contribution in [0.25, 0.3) is 0 Å². The molecular weight excluding hydrogens is 217 g/mol. The van der Waals surface area contributed by atoms with Crippen molar-refractivity contribution in [2.75, 3.05) is 5.75 Å². The van der Waals surface area contributed by atoms with Crippen molar-refractivity contribution in [2.45, 2.75) is 6.92 Å². The first-order valence-corrected chi connectivity index (χ1v) is 4.73. The van der Waals surface area contributed by atoms with Crippen LogP contribution in [0.4, 0.5) is 10.1 Å². The highest BCUT2D eigenvalue weighted by molar-refractivity contribution is 7.80. The molecule has 1 aromatic rings. The van der Waals surface area contributed by atoms with E-state index in [2.05, 4.69) is 24.5 Å². The average molecular weight is 225 g/mol. The third-order valence-electron chi connectivity index (χ3n) is 1.84. The van der Waals surface area contributed by atoms with Gasteiger partial charge in [-0.2, -0.15) is 12.6 Å². The molecule has 0 spiro atoms. The molecule has 0 heterocycles. The lowest BCUT2D eigenvalue weighted by Gasteiger charge is -2.00. The van der Waals surface area contributed by atoms with Crippen LogP contribution >= 0.6 is 12.6 Å². The van der Waals surface area contributed by atoms with Crippen molar-refractivity contribution < 1.29 is 9.31 Å². The van der Waals surface area contributed by atoms with Crippen LogP contribution in [0.5, 0.6) is 0 Å². The SMILES string of the molecule is Cc1c(C#CCS)cc(F)cc1[N+](=O)[O-]. The second-order valence-corrected chi connectivity index (χ2v) is 3.13. The Morgan fingerprint density at radius 3 is 2.80 bits per heavy atom. The first-order chi connectivity index (χ1) is 7.06. The van der Waals surface area contributed by atoms with E-state index in [1.54, 1.807) is 6.92 Å². The number of thiol groups is 1. The molecule has 0 atom stereocenters. The first kappa shape index (κ1) is 11.5. The predicted molar refractivity (Wildman–Crippen MR) is 58.5 cm³/mol. The van der Waals surface area contributed by atoms with Crippen LogP contribution in [0.2, 0.25) is 0 Å². The molecule has 0 unspecified atom stereocenters. The Balaban J connectivity index is 3.34. The molecule has 15 heavy (non-hydrogen) atoms. The molecular formula is C10H8FNO2S. The molecule has 1 rings (SSSR count). The van der Waals surface area contributed by atoms with Crippen molar-refractivity contribution in [1.82, 2.24) is 0 Å². The van der Waals surface area contributed by atoms with Crippen LogP contribution in [0.15, 0.2) is 12.1 Å². The lowest BCUT2D eigenvalue weighted by atomic mass is 10.1. The van der Waals surface area contributed by atoms with Gasteiger partial charge in [-0.05, 0) is 13.0 Å². The summed E-state index contributed by atoms with van der Waals surface area (Å²) in [7, 11) is 0. The molecule has 0 saturated carbocycles. The fourth-order valence-corrected chi connectivity index (χ4v) is 1.20. The summed E-state index contributed by atoms with van der Waals surface area (Å²) in [4.78, 5) is 9.95. The normalized spacial score (nSPS) is 9.27. The van der Waals surface area contributed by atoms with Crippen LogP contribution < -0.4 is 0 Å². The zero-order chi connectivity index (χ0) is 11.4. The van der Waals surface area contributed by atoms with Gasteiger partial charge in [0.1, 0.15) is 5.82 Å². The van der Waals surface area contributed by atoms with Crippen LogP contribution in [0, 0.1) is 34.7 Å². The second-order valence-electron chi connectivity index (χ2n) is 2.81. The predicted octanol–water partition coefficient (Wildman–Crippen LogP) is 2.32. The molecule has 0 aromatic heterocycles. The largest absolute Gasteiger partial charge is 0.276 e. The van der Waals surface area contributed by atoms with Gasteiger partial charge in [0.2, 0.25) is 0 Å². The minimum Gasteiger partial charge on any atom is -0.258 e. The maximum atomic E-state index is 13.0. The molecule has 3 nitrogen and oxygen atoms in total. The van der Waals surface area contributed by atoms with Gasteiger partial charge < -0.3 is 0 Å². The molecule has 5 heteroatoms. The number of hydrogen-bond acceptors (Lipinski definition) is 3. The Morgan fingerprint density at radius 2 is 2.27 bits per heavy atom. The van der Waals surface area contributed by atoms with Crippen LogP contribution in [-0.4, -0.2) is 10.7 Å². The number of benzene rings is 1. The van der Waals surface area contributed by atoms with Crippen LogP contribution in [0.1, 0.15) is 11.1 Å². The fraction of sp³-hybridized carbons (Fsp3) is 0.200. The molecule has 0 saturated heterocycles.